The maximum atomic E-state index is 12.9. The van der Waals surface area contributed by atoms with E-state index in [2.05, 4.69) is 5.32 Å². The van der Waals surface area contributed by atoms with Gasteiger partial charge in [-0.05, 0) is 25.1 Å². The summed E-state index contributed by atoms with van der Waals surface area (Å²) >= 11 is 0. The molecule has 9 nitrogen and oxygen atoms in total. The van der Waals surface area contributed by atoms with Crippen LogP contribution in [-0.4, -0.2) is 36.4 Å². The van der Waals surface area contributed by atoms with Gasteiger partial charge in [0.05, 0.1) is 37.9 Å². The van der Waals surface area contributed by atoms with Crippen molar-refractivity contribution in [2.24, 2.45) is 0 Å². The van der Waals surface area contributed by atoms with Crippen molar-refractivity contribution in [1.82, 2.24) is 9.13 Å². The number of nitrogens with one attached hydrogen (secondary N) is 1. The number of para-hydroxylation sites is 2. The Balaban J connectivity index is 2.13. The van der Waals surface area contributed by atoms with Crippen molar-refractivity contribution < 1.29 is 19.0 Å². The molecular formula is C21H23N3O6. The number of amides is 1. The lowest BCUT2D eigenvalue weighted by molar-refractivity contribution is -0.116. The van der Waals surface area contributed by atoms with Gasteiger partial charge in [-0.25, -0.2) is 4.79 Å². The van der Waals surface area contributed by atoms with Gasteiger partial charge in [0, 0.05) is 12.6 Å². The molecule has 0 saturated heterocycles. The van der Waals surface area contributed by atoms with E-state index < -0.39 is 17.2 Å². The van der Waals surface area contributed by atoms with E-state index in [1.54, 1.807) is 31.2 Å². The molecule has 0 saturated carbocycles. The van der Waals surface area contributed by atoms with Gasteiger partial charge in [-0.3, -0.25) is 18.7 Å². The quantitative estimate of drug-likeness (QED) is 0.634. The first-order chi connectivity index (χ1) is 14.4. The number of nitrogens with zero attached hydrogens (tertiary/aromatic N) is 2. The van der Waals surface area contributed by atoms with E-state index in [0.29, 0.717) is 22.9 Å². The van der Waals surface area contributed by atoms with E-state index in [1.807, 2.05) is 0 Å². The third-order valence-electron chi connectivity index (χ3n) is 4.73. The monoisotopic (exact) mass is 413 g/mol. The summed E-state index contributed by atoms with van der Waals surface area (Å²) in [6.45, 7) is 1.55. The normalized spacial score (nSPS) is 10.7. The van der Waals surface area contributed by atoms with Crippen LogP contribution in [0.5, 0.6) is 17.2 Å². The minimum Gasteiger partial charge on any atom is -0.495 e. The first-order valence-corrected chi connectivity index (χ1v) is 9.27. The van der Waals surface area contributed by atoms with Crippen LogP contribution in [-0.2, 0) is 17.9 Å². The molecule has 1 aromatic heterocycles. The lowest BCUT2D eigenvalue weighted by Gasteiger charge is -2.16. The Bertz CT molecular complexity index is 1210. The lowest BCUT2D eigenvalue weighted by atomic mass is 10.2. The second-order valence-electron chi connectivity index (χ2n) is 6.39. The number of hydrogen-bond acceptors (Lipinski definition) is 6. The Morgan fingerprint density at radius 3 is 2.20 bits per heavy atom. The van der Waals surface area contributed by atoms with Crippen molar-refractivity contribution in [2.45, 2.75) is 20.0 Å². The summed E-state index contributed by atoms with van der Waals surface area (Å²) in [5.74, 6) is 0.748. The van der Waals surface area contributed by atoms with Crippen LogP contribution in [0.3, 0.4) is 0 Å². The molecule has 3 rings (SSSR count). The zero-order valence-electron chi connectivity index (χ0n) is 17.2. The molecule has 1 N–H and O–H groups in total. The highest BCUT2D eigenvalue weighted by molar-refractivity contribution is 5.93. The van der Waals surface area contributed by atoms with Crippen molar-refractivity contribution >= 4 is 22.5 Å². The van der Waals surface area contributed by atoms with Gasteiger partial charge < -0.3 is 19.5 Å². The first kappa shape index (κ1) is 21.0. The van der Waals surface area contributed by atoms with Crippen molar-refractivity contribution in [3.63, 3.8) is 0 Å². The molecular weight excluding hydrogens is 390 g/mol. The summed E-state index contributed by atoms with van der Waals surface area (Å²) in [7, 11) is 4.41. The Morgan fingerprint density at radius 1 is 0.933 bits per heavy atom. The molecule has 0 spiro atoms. The highest BCUT2D eigenvalue weighted by atomic mass is 16.5. The topological polar surface area (TPSA) is 101 Å². The van der Waals surface area contributed by atoms with Crippen LogP contribution >= 0.6 is 0 Å². The van der Waals surface area contributed by atoms with E-state index in [0.717, 1.165) is 4.57 Å². The number of rotatable bonds is 7. The zero-order chi connectivity index (χ0) is 21.8. The van der Waals surface area contributed by atoms with Crippen LogP contribution in [0.4, 0.5) is 5.69 Å². The second-order valence-corrected chi connectivity index (χ2v) is 6.39. The van der Waals surface area contributed by atoms with Crippen LogP contribution < -0.4 is 30.8 Å². The Kier molecular flexibility index (Phi) is 6.10. The molecule has 0 aliphatic rings. The lowest BCUT2D eigenvalue weighted by Crippen LogP contribution is -2.41. The molecule has 9 heteroatoms. The van der Waals surface area contributed by atoms with E-state index in [-0.39, 0.29) is 24.0 Å². The number of carbonyl (C=O) groups is 1. The summed E-state index contributed by atoms with van der Waals surface area (Å²) in [4.78, 5) is 38.5. The molecule has 0 bridgehead atoms. The smallest absolute Gasteiger partial charge is 0.331 e. The Morgan fingerprint density at radius 2 is 1.57 bits per heavy atom. The molecule has 0 unspecified atom stereocenters. The number of carbonyl (C=O) groups excluding carboxylic acids is 1. The fourth-order valence-electron chi connectivity index (χ4n) is 3.26. The van der Waals surface area contributed by atoms with Crippen molar-refractivity contribution in [3.05, 3.63) is 57.2 Å². The molecule has 0 atom stereocenters. The highest BCUT2D eigenvalue weighted by Crippen LogP contribution is 2.30. The van der Waals surface area contributed by atoms with Gasteiger partial charge in [-0.1, -0.05) is 12.1 Å². The number of ether oxygens (including phenoxy) is 3. The minimum absolute atomic E-state index is 0.163. The van der Waals surface area contributed by atoms with Gasteiger partial charge in [-0.15, -0.1) is 0 Å². The maximum absolute atomic E-state index is 12.9. The molecule has 30 heavy (non-hydrogen) atoms. The van der Waals surface area contributed by atoms with Gasteiger partial charge in [0.25, 0.3) is 5.56 Å². The summed E-state index contributed by atoms with van der Waals surface area (Å²) in [5.41, 5.74) is -0.287. The fraction of sp³-hybridized carbons (Fsp3) is 0.286. The highest BCUT2D eigenvalue weighted by Gasteiger charge is 2.18. The molecule has 0 fully saturated rings. The molecule has 0 aliphatic carbocycles. The largest absolute Gasteiger partial charge is 0.495 e. The number of anilines is 1. The average Bonchev–Trinajstić information content (AvgIpc) is 2.76. The van der Waals surface area contributed by atoms with Gasteiger partial charge in [0.2, 0.25) is 5.91 Å². The zero-order valence-corrected chi connectivity index (χ0v) is 17.2. The molecule has 0 aliphatic heterocycles. The van der Waals surface area contributed by atoms with Gasteiger partial charge in [-0.2, -0.15) is 0 Å². The number of benzene rings is 2. The Labute approximate surface area is 172 Å². The molecule has 2 aromatic carbocycles. The summed E-state index contributed by atoms with van der Waals surface area (Å²) in [6.07, 6.45) is 0. The van der Waals surface area contributed by atoms with Crippen molar-refractivity contribution in [2.75, 3.05) is 26.6 Å². The van der Waals surface area contributed by atoms with Crippen LogP contribution in [0.1, 0.15) is 6.92 Å². The number of hydrogen-bond donors (Lipinski definition) is 1. The molecule has 0 radical (unpaired) electrons. The summed E-state index contributed by atoms with van der Waals surface area (Å²) in [5, 5.41) is 2.99. The Hall–Kier alpha value is -3.75. The van der Waals surface area contributed by atoms with E-state index in [4.69, 9.17) is 14.2 Å². The van der Waals surface area contributed by atoms with E-state index in [1.165, 1.54) is 38.0 Å². The van der Waals surface area contributed by atoms with Crippen molar-refractivity contribution in [1.29, 1.82) is 0 Å². The number of methoxy groups -OCH3 is 3. The standard InChI is InChI=1S/C21H23N3O6/c1-5-23-20(26)13-10-17(29-3)18(30-4)11-15(13)24(21(23)27)12-19(25)22-14-8-6-7-9-16(14)28-2/h6-11H,5,12H2,1-4H3,(H,22,25). The fourth-order valence-corrected chi connectivity index (χ4v) is 3.26. The van der Waals surface area contributed by atoms with E-state index >= 15 is 0 Å². The molecule has 1 heterocycles. The van der Waals surface area contributed by atoms with Crippen LogP contribution in [0, 0.1) is 0 Å². The molecule has 1 amide bonds. The average molecular weight is 413 g/mol. The van der Waals surface area contributed by atoms with E-state index in [9.17, 15) is 14.4 Å². The molecule has 158 valence electrons. The van der Waals surface area contributed by atoms with Gasteiger partial charge >= 0.3 is 5.69 Å². The third-order valence-corrected chi connectivity index (χ3v) is 4.73. The maximum Gasteiger partial charge on any atom is 0.331 e. The second kappa shape index (κ2) is 8.73. The number of aromatic nitrogens is 2. The first-order valence-electron chi connectivity index (χ1n) is 9.27. The predicted octanol–water partition coefficient (Wildman–Crippen LogP) is 1.85. The third kappa shape index (κ3) is 3.73. The minimum atomic E-state index is -0.586. The van der Waals surface area contributed by atoms with Crippen LogP contribution in [0.15, 0.2) is 46.0 Å². The van der Waals surface area contributed by atoms with Crippen LogP contribution in [0.25, 0.3) is 10.9 Å². The molecule has 3 aromatic rings. The number of fused-ring (bicyclic) bond motifs is 1. The van der Waals surface area contributed by atoms with Crippen molar-refractivity contribution in [3.8, 4) is 17.2 Å². The van der Waals surface area contributed by atoms with Gasteiger partial charge in [0.15, 0.2) is 11.5 Å². The predicted molar refractivity (Wildman–Crippen MR) is 113 cm³/mol. The van der Waals surface area contributed by atoms with Crippen LogP contribution in [0.2, 0.25) is 0 Å². The summed E-state index contributed by atoms with van der Waals surface area (Å²) < 4.78 is 18.1. The summed E-state index contributed by atoms with van der Waals surface area (Å²) in [6, 6.07) is 9.98. The SMILES string of the molecule is CCn1c(=O)c2cc(OC)c(OC)cc2n(CC(=O)Nc2ccccc2OC)c1=O. The van der Waals surface area contributed by atoms with Gasteiger partial charge in [0.1, 0.15) is 12.3 Å².